The van der Waals surface area contributed by atoms with Crippen molar-refractivity contribution in [2.24, 2.45) is 0 Å². The molecule has 3 heterocycles. The van der Waals surface area contributed by atoms with Gasteiger partial charge in [0.05, 0.1) is 5.69 Å². The molecule has 0 fully saturated rings. The molecule has 2 aromatic heterocycles. The standard InChI is InChI=1S/C13H14N4/c1-9-11-4-6-15-8-12(11)17-13(16-9)10-3-2-5-14-7-10/h2-3,5,7,15H,4,6,8H2,1H3. The molecule has 1 aliphatic rings. The third-order valence-electron chi connectivity index (χ3n) is 3.06. The van der Waals surface area contributed by atoms with Crippen molar-refractivity contribution in [3.8, 4) is 11.4 Å². The van der Waals surface area contributed by atoms with Crippen LogP contribution < -0.4 is 5.32 Å². The summed E-state index contributed by atoms with van der Waals surface area (Å²) < 4.78 is 0. The number of aryl methyl sites for hydroxylation is 1. The first kappa shape index (κ1) is 10.4. The number of fused-ring (bicyclic) bond motifs is 1. The van der Waals surface area contributed by atoms with Gasteiger partial charge in [0, 0.05) is 30.2 Å². The second-order valence-corrected chi connectivity index (χ2v) is 4.23. The summed E-state index contributed by atoms with van der Waals surface area (Å²) in [5, 5.41) is 3.34. The maximum absolute atomic E-state index is 4.63. The topological polar surface area (TPSA) is 50.7 Å². The van der Waals surface area contributed by atoms with Crippen molar-refractivity contribution in [2.75, 3.05) is 6.54 Å². The smallest absolute Gasteiger partial charge is 0.161 e. The van der Waals surface area contributed by atoms with Crippen LogP contribution in [0.4, 0.5) is 0 Å². The second-order valence-electron chi connectivity index (χ2n) is 4.23. The van der Waals surface area contributed by atoms with Gasteiger partial charge in [-0.1, -0.05) is 0 Å². The van der Waals surface area contributed by atoms with E-state index < -0.39 is 0 Å². The predicted octanol–water partition coefficient (Wildman–Crippen LogP) is 1.49. The number of nitrogens with zero attached hydrogens (tertiary/aromatic N) is 3. The Labute approximate surface area is 100 Å². The molecular formula is C13H14N4. The van der Waals surface area contributed by atoms with E-state index in [4.69, 9.17) is 0 Å². The number of pyridine rings is 1. The van der Waals surface area contributed by atoms with Crippen molar-refractivity contribution >= 4 is 0 Å². The number of aromatic nitrogens is 3. The third kappa shape index (κ3) is 1.91. The van der Waals surface area contributed by atoms with Crippen LogP contribution in [0.5, 0.6) is 0 Å². The van der Waals surface area contributed by atoms with Crippen LogP contribution in [0.1, 0.15) is 17.0 Å². The fraction of sp³-hybridized carbons (Fsp3) is 0.308. The largest absolute Gasteiger partial charge is 0.311 e. The van der Waals surface area contributed by atoms with E-state index in [0.717, 1.165) is 42.3 Å². The van der Waals surface area contributed by atoms with E-state index in [1.54, 1.807) is 12.4 Å². The highest BCUT2D eigenvalue weighted by atomic mass is 15.0. The lowest BCUT2D eigenvalue weighted by Crippen LogP contribution is -2.26. The van der Waals surface area contributed by atoms with Gasteiger partial charge in [0.15, 0.2) is 5.82 Å². The molecule has 4 heteroatoms. The van der Waals surface area contributed by atoms with Crippen LogP contribution in [0.2, 0.25) is 0 Å². The molecule has 0 unspecified atom stereocenters. The summed E-state index contributed by atoms with van der Waals surface area (Å²) in [6, 6.07) is 3.90. The van der Waals surface area contributed by atoms with E-state index in [1.165, 1.54) is 5.56 Å². The highest BCUT2D eigenvalue weighted by molar-refractivity contribution is 5.54. The maximum Gasteiger partial charge on any atom is 0.161 e. The lowest BCUT2D eigenvalue weighted by molar-refractivity contribution is 0.620. The summed E-state index contributed by atoms with van der Waals surface area (Å²) in [5.41, 5.74) is 4.50. The molecule has 86 valence electrons. The van der Waals surface area contributed by atoms with Crippen LogP contribution in [0.3, 0.4) is 0 Å². The third-order valence-corrected chi connectivity index (χ3v) is 3.06. The van der Waals surface area contributed by atoms with Crippen LogP contribution in [0, 0.1) is 6.92 Å². The minimum absolute atomic E-state index is 0.776. The van der Waals surface area contributed by atoms with Gasteiger partial charge in [-0.15, -0.1) is 0 Å². The Hall–Kier alpha value is -1.81. The molecular weight excluding hydrogens is 212 g/mol. The number of nitrogens with one attached hydrogen (secondary N) is 1. The summed E-state index contributed by atoms with van der Waals surface area (Å²) >= 11 is 0. The molecule has 0 aromatic carbocycles. The first-order valence-corrected chi connectivity index (χ1v) is 5.82. The fourth-order valence-electron chi connectivity index (χ4n) is 2.17. The van der Waals surface area contributed by atoms with Gasteiger partial charge in [-0.2, -0.15) is 0 Å². The number of hydrogen-bond donors (Lipinski definition) is 1. The monoisotopic (exact) mass is 226 g/mol. The zero-order valence-electron chi connectivity index (χ0n) is 9.77. The van der Waals surface area contributed by atoms with Crippen molar-refractivity contribution in [1.29, 1.82) is 0 Å². The molecule has 0 bridgehead atoms. The first-order chi connectivity index (χ1) is 8.34. The Morgan fingerprint density at radius 3 is 3.06 bits per heavy atom. The Bertz CT molecular complexity index is 537. The SMILES string of the molecule is Cc1nc(-c2cccnc2)nc2c1CCNC2. The van der Waals surface area contributed by atoms with Gasteiger partial charge < -0.3 is 5.32 Å². The Kier molecular flexibility index (Phi) is 2.57. The Morgan fingerprint density at radius 1 is 1.29 bits per heavy atom. The van der Waals surface area contributed by atoms with Crippen LogP contribution in [-0.4, -0.2) is 21.5 Å². The lowest BCUT2D eigenvalue weighted by atomic mass is 10.0. The van der Waals surface area contributed by atoms with Crippen LogP contribution in [0.15, 0.2) is 24.5 Å². The molecule has 0 radical (unpaired) electrons. The number of rotatable bonds is 1. The van der Waals surface area contributed by atoms with Crippen LogP contribution in [0.25, 0.3) is 11.4 Å². The summed E-state index contributed by atoms with van der Waals surface area (Å²) in [5.74, 6) is 0.776. The molecule has 0 spiro atoms. The van der Waals surface area contributed by atoms with Gasteiger partial charge >= 0.3 is 0 Å². The zero-order valence-corrected chi connectivity index (χ0v) is 9.77. The molecule has 0 amide bonds. The maximum atomic E-state index is 4.63. The van der Waals surface area contributed by atoms with E-state index in [-0.39, 0.29) is 0 Å². The highest BCUT2D eigenvalue weighted by Gasteiger charge is 2.15. The summed E-state index contributed by atoms with van der Waals surface area (Å²) in [6.45, 7) is 3.92. The molecule has 0 saturated heterocycles. The van der Waals surface area contributed by atoms with Crippen molar-refractivity contribution in [1.82, 2.24) is 20.3 Å². The van der Waals surface area contributed by atoms with Crippen molar-refractivity contribution < 1.29 is 0 Å². The van der Waals surface area contributed by atoms with Gasteiger partial charge in [0.25, 0.3) is 0 Å². The molecule has 17 heavy (non-hydrogen) atoms. The van der Waals surface area contributed by atoms with Crippen molar-refractivity contribution in [2.45, 2.75) is 19.9 Å². The van der Waals surface area contributed by atoms with Crippen LogP contribution >= 0.6 is 0 Å². The molecule has 4 nitrogen and oxygen atoms in total. The molecule has 0 saturated carbocycles. The summed E-state index contributed by atoms with van der Waals surface area (Å²) in [4.78, 5) is 13.3. The van der Waals surface area contributed by atoms with E-state index >= 15 is 0 Å². The Balaban J connectivity index is 2.11. The van der Waals surface area contributed by atoms with Crippen LogP contribution in [-0.2, 0) is 13.0 Å². The van der Waals surface area contributed by atoms with E-state index in [1.807, 2.05) is 12.1 Å². The predicted molar refractivity (Wildman–Crippen MR) is 65.4 cm³/mol. The average Bonchev–Trinajstić information content (AvgIpc) is 2.40. The minimum atomic E-state index is 0.776. The van der Waals surface area contributed by atoms with Gasteiger partial charge in [0.1, 0.15) is 0 Å². The van der Waals surface area contributed by atoms with Crippen molar-refractivity contribution in [3.05, 3.63) is 41.5 Å². The zero-order chi connectivity index (χ0) is 11.7. The molecule has 0 atom stereocenters. The molecule has 1 N–H and O–H groups in total. The number of hydrogen-bond acceptors (Lipinski definition) is 4. The highest BCUT2D eigenvalue weighted by Crippen LogP contribution is 2.20. The lowest BCUT2D eigenvalue weighted by Gasteiger charge is -2.18. The fourth-order valence-corrected chi connectivity index (χ4v) is 2.17. The average molecular weight is 226 g/mol. The van der Waals surface area contributed by atoms with E-state index in [2.05, 4.69) is 27.2 Å². The molecule has 1 aliphatic heterocycles. The van der Waals surface area contributed by atoms with Gasteiger partial charge in [-0.25, -0.2) is 9.97 Å². The first-order valence-electron chi connectivity index (χ1n) is 5.82. The second kappa shape index (κ2) is 4.22. The van der Waals surface area contributed by atoms with E-state index in [9.17, 15) is 0 Å². The van der Waals surface area contributed by atoms with Gasteiger partial charge in [-0.05, 0) is 37.6 Å². The summed E-state index contributed by atoms with van der Waals surface area (Å²) in [6.07, 6.45) is 4.59. The van der Waals surface area contributed by atoms with Crippen molar-refractivity contribution in [3.63, 3.8) is 0 Å². The van der Waals surface area contributed by atoms with Gasteiger partial charge in [0.2, 0.25) is 0 Å². The van der Waals surface area contributed by atoms with E-state index in [0.29, 0.717) is 0 Å². The molecule has 3 rings (SSSR count). The Morgan fingerprint density at radius 2 is 2.24 bits per heavy atom. The molecule has 2 aromatic rings. The van der Waals surface area contributed by atoms with Gasteiger partial charge in [-0.3, -0.25) is 4.98 Å². The normalized spacial score (nSPS) is 14.4. The minimum Gasteiger partial charge on any atom is -0.311 e. The molecule has 0 aliphatic carbocycles. The summed E-state index contributed by atoms with van der Waals surface area (Å²) in [7, 11) is 0. The quantitative estimate of drug-likeness (QED) is 0.800.